The normalized spacial score (nSPS) is 10.6. The van der Waals surface area contributed by atoms with E-state index in [-0.39, 0.29) is 11.7 Å². The predicted molar refractivity (Wildman–Crippen MR) is 98.5 cm³/mol. The lowest BCUT2D eigenvalue weighted by Gasteiger charge is -2.08. The van der Waals surface area contributed by atoms with E-state index in [1.807, 2.05) is 13.8 Å². The van der Waals surface area contributed by atoms with E-state index in [0.29, 0.717) is 42.3 Å². The van der Waals surface area contributed by atoms with Crippen molar-refractivity contribution in [1.29, 1.82) is 0 Å². The number of carbonyl (C=O) groups is 2. The van der Waals surface area contributed by atoms with Crippen molar-refractivity contribution in [3.63, 3.8) is 0 Å². The highest BCUT2D eigenvalue weighted by Crippen LogP contribution is 2.23. The number of nitrogens with two attached hydrogens (primary N) is 1. The first-order valence-corrected chi connectivity index (χ1v) is 8.44. The highest BCUT2D eigenvalue weighted by Gasteiger charge is 2.22. The smallest absolute Gasteiger partial charge is 0.272 e. The van der Waals surface area contributed by atoms with Gasteiger partial charge in [0.15, 0.2) is 5.78 Å². The van der Waals surface area contributed by atoms with Gasteiger partial charge in [-0.1, -0.05) is 13.3 Å². The van der Waals surface area contributed by atoms with E-state index in [9.17, 15) is 9.59 Å². The molecule has 25 heavy (non-hydrogen) atoms. The highest BCUT2D eigenvalue weighted by atomic mass is 16.5. The number of H-pyrrole nitrogens is 1. The summed E-state index contributed by atoms with van der Waals surface area (Å²) < 4.78 is 5.41. The monoisotopic (exact) mass is 343 g/mol. The first-order chi connectivity index (χ1) is 12.0. The second kappa shape index (κ2) is 8.48. The number of rotatable bonds is 8. The fourth-order valence-electron chi connectivity index (χ4n) is 2.85. The van der Waals surface area contributed by atoms with Crippen LogP contribution >= 0.6 is 0 Å². The minimum absolute atomic E-state index is 0.0299. The molecular formula is C19H25N3O3. The molecule has 1 heterocycles. The van der Waals surface area contributed by atoms with E-state index >= 15 is 0 Å². The molecule has 0 fully saturated rings. The largest absolute Gasteiger partial charge is 0.492 e. The summed E-state index contributed by atoms with van der Waals surface area (Å²) >= 11 is 0. The van der Waals surface area contributed by atoms with Gasteiger partial charge in [-0.25, -0.2) is 0 Å². The lowest BCUT2D eigenvalue weighted by Crippen LogP contribution is -2.15. The Morgan fingerprint density at radius 3 is 2.48 bits per heavy atom. The second-order valence-corrected chi connectivity index (χ2v) is 5.90. The van der Waals surface area contributed by atoms with Crippen molar-refractivity contribution < 1.29 is 14.3 Å². The SMILES string of the molecule is CCCc1c(C(=O)Nc2ccc(OCCN)cc2)[nH]c(C)c1C(C)=O. The van der Waals surface area contributed by atoms with Gasteiger partial charge in [-0.3, -0.25) is 9.59 Å². The molecule has 4 N–H and O–H groups in total. The quantitative estimate of drug-likeness (QED) is 0.642. The molecule has 1 aromatic heterocycles. The van der Waals surface area contributed by atoms with Crippen LogP contribution in [0.3, 0.4) is 0 Å². The van der Waals surface area contributed by atoms with Gasteiger partial charge < -0.3 is 20.8 Å². The zero-order valence-corrected chi connectivity index (χ0v) is 14.9. The first kappa shape index (κ1) is 18.7. The standard InChI is InChI=1S/C19H25N3O3/c1-4-5-16-17(13(3)23)12(2)21-18(16)19(24)22-14-6-8-15(9-7-14)25-11-10-20/h6-9,21H,4-5,10-11,20H2,1-3H3,(H,22,24). The number of anilines is 1. The van der Waals surface area contributed by atoms with Crippen molar-refractivity contribution in [3.05, 3.63) is 46.8 Å². The molecule has 0 unspecified atom stereocenters. The summed E-state index contributed by atoms with van der Waals surface area (Å²) in [7, 11) is 0. The lowest BCUT2D eigenvalue weighted by molar-refractivity contribution is 0.101. The van der Waals surface area contributed by atoms with Crippen LogP contribution in [0.1, 0.15) is 52.4 Å². The van der Waals surface area contributed by atoms with Gasteiger partial charge in [-0.2, -0.15) is 0 Å². The van der Waals surface area contributed by atoms with Gasteiger partial charge in [0, 0.05) is 23.5 Å². The van der Waals surface area contributed by atoms with Crippen molar-refractivity contribution in [2.45, 2.75) is 33.6 Å². The maximum absolute atomic E-state index is 12.7. The highest BCUT2D eigenvalue weighted by molar-refractivity contribution is 6.07. The summed E-state index contributed by atoms with van der Waals surface area (Å²) in [5.74, 6) is 0.414. The molecule has 0 aliphatic rings. The fraction of sp³-hybridized carbons (Fsp3) is 0.368. The third-order valence-electron chi connectivity index (χ3n) is 3.87. The number of aromatic amines is 1. The van der Waals surface area contributed by atoms with Crippen LogP contribution in [0.5, 0.6) is 5.75 Å². The Hall–Kier alpha value is -2.60. The van der Waals surface area contributed by atoms with E-state index in [0.717, 1.165) is 17.7 Å². The Balaban J connectivity index is 2.20. The van der Waals surface area contributed by atoms with Crippen molar-refractivity contribution in [1.82, 2.24) is 4.98 Å². The molecular weight excluding hydrogens is 318 g/mol. The summed E-state index contributed by atoms with van der Waals surface area (Å²) in [5.41, 5.74) is 8.65. The molecule has 0 atom stereocenters. The minimum atomic E-state index is -0.255. The molecule has 0 aliphatic carbocycles. The molecule has 0 aliphatic heterocycles. The third-order valence-corrected chi connectivity index (χ3v) is 3.87. The number of aromatic nitrogens is 1. The molecule has 0 bridgehead atoms. The van der Waals surface area contributed by atoms with E-state index in [2.05, 4.69) is 10.3 Å². The van der Waals surface area contributed by atoms with Crippen LogP contribution in [-0.2, 0) is 6.42 Å². The Morgan fingerprint density at radius 1 is 1.24 bits per heavy atom. The van der Waals surface area contributed by atoms with E-state index < -0.39 is 0 Å². The summed E-state index contributed by atoms with van der Waals surface area (Å²) in [4.78, 5) is 27.6. The topological polar surface area (TPSA) is 97.2 Å². The van der Waals surface area contributed by atoms with Gasteiger partial charge in [-0.15, -0.1) is 0 Å². The molecule has 2 rings (SSSR count). The van der Waals surface area contributed by atoms with E-state index in [1.165, 1.54) is 6.92 Å². The van der Waals surface area contributed by atoms with E-state index in [1.54, 1.807) is 24.3 Å². The molecule has 0 radical (unpaired) electrons. The Kier molecular flexibility index (Phi) is 6.36. The van der Waals surface area contributed by atoms with Crippen molar-refractivity contribution in [2.24, 2.45) is 5.73 Å². The molecule has 0 saturated carbocycles. The molecule has 6 nitrogen and oxygen atoms in total. The number of carbonyl (C=O) groups excluding carboxylic acids is 2. The van der Waals surface area contributed by atoms with Gasteiger partial charge in [-0.05, 0) is 50.1 Å². The molecule has 1 aromatic carbocycles. The molecule has 0 spiro atoms. The summed E-state index contributed by atoms with van der Waals surface area (Å²) in [6, 6.07) is 7.09. The van der Waals surface area contributed by atoms with Crippen molar-refractivity contribution >= 4 is 17.4 Å². The Morgan fingerprint density at radius 2 is 1.92 bits per heavy atom. The van der Waals surface area contributed by atoms with Crippen LogP contribution in [0.4, 0.5) is 5.69 Å². The fourth-order valence-corrected chi connectivity index (χ4v) is 2.85. The molecule has 6 heteroatoms. The number of nitrogens with one attached hydrogen (secondary N) is 2. The van der Waals surface area contributed by atoms with Crippen molar-refractivity contribution in [2.75, 3.05) is 18.5 Å². The zero-order valence-electron chi connectivity index (χ0n) is 14.9. The minimum Gasteiger partial charge on any atom is -0.492 e. The molecule has 0 saturated heterocycles. The van der Waals surface area contributed by atoms with Crippen molar-refractivity contribution in [3.8, 4) is 5.75 Å². The van der Waals surface area contributed by atoms with Crippen LogP contribution in [0.15, 0.2) is 24.3 Å². The number of aryl methyl sites for hydroxylation is 1. The average Bonchev–Trinajstić information content (AvgIpc) is 2.91. The number of hydrogen-bond donors (Lipinski definition) is 3. The average molecular weight is 343 g/mol. The zero-order chi connectivity index (χ0) is 18.4. The van der Waals surface area contributed by atoms with Gasteiger partial charge in [0.25, 0.3) is 5.91 Å². The van der Waals surface area contributed by atoms with Crippen LogP contribution in [0.25, 0.3) is 0 Å². The first-order valence-electron chi connectivity index (χ1n) is 8.44. The number of Topliss-reactive ketones (excluding diaryl/α,β-unsaturated/α-hetero) is 1. The van der Waals surface area contributed by atoms with Crippen LogP contribution < -0.4 is 15.8 Å². The predicted octanol–water partition coefficient (Wildman–Crippen LogP) is 3.07. The Labute approximate surface area is 147 Å². The van der Waals surface area contributed by atoms with Gasteiger partial charge in [0.05, 0.1) is 0 Å². The summed E-state index contributed by atoms with van der Waals surface area (Å²) in [6.45, 7) is 6.26. The number of benzene rings is 1. The summed E-state index contributed by atoms with van der Waals surface area (Å²) in [6.07, 6.45) is 1.53. The third kappa shape index (κ3) is 4.48. The van der Waals surface area contributed by atoms with Crippen LogP contribution in [0, 0.1) is 6.92 Å². The number of hydrogen-bond acceptors (Lipinski definition) is 4. The van der Waals surface area contributed by atoms with Gasteiger partial charge in [0.1, 0.15) is 18.1 Å². The number of ether oxygens (including phenoxy) is 1. The maximum Gasteiger partial charge on any atom is 0.272 e. The molecule has 134 valence electrons. The van der Waals surface area contributed by atoms with Crippen LogP contribution in [0.2, 0.25) is 0 Å². The number of ketones is 1. The summed E-state index contributed by atoms with van der Waals surface area (Å²) in [5, 5.41) is 2.86. The molecule has 2 aromatic rings. The van der Waals surface area contributed by atoms with Crippen LogP contribution in [-0.4, -0.2) is 29.8 Å². The second-order valence-electron chi connectivity index (χ2n) is 5.90. The molecule has 1 amide bonds. The Bertz CT molecular complexity index is 748. The maximum atomic E-state index is 12.7. The lowest BCUT2D eigenvalue weighted by atomic mass is 10.0. The van der Waals surface area contributed by atoms with Gasteiger partial charge >= 0.3 is 0 Å². The van der Waals surface area contributed by atoms with E-state index in [4.69, 9.17) is 10.5 Å². The number of amides is 1. The van der Waals surface area contributed by atoms with Gasteiger partial charge in [0.2, 0.25) is 0 Å².